The maximum Gasteiger partial charge on any atom is 0.296 e. The second-order valence-electron chi connectivity index (χ2n) is 4.06. The van der Waals surface area contributed by atoms with Gasteiger partial charge in [-0.05, 0) is 28.1 Å². The number of anilines is 1. The van der Waals surface area contributed by atoms with Crippen LogP contribution in [0.1, 0.15) is 10.5 Å². The number of aryl methyl sites for hydroxylation is 1. The molecule has 1 aromatic carbocycles. The van der Waals surface area contributed by atoms with E-state index in [1.54, 1.807) is 7.05 Å². The average Bonchev–Trinajstić information content (AvgIpc) is 2.78. The first-order valence-corrected chi connectivity index (χ1v) is 6.54. The smallest absolute Gasteiger partial charge is 0.296 e. The summed E-state index contributed by atoms with van der Waals surface area (Å²) >= 11 is 3.20. The average molecular weight is 355 g/mol. The van der Waals surface area contributed by atoms with E-state index in [0.717, 1.165) is 0 Å². The Hall–Kier alpha value is -2.42. The van der Waals surface area contributed by atoms with Gasteiger partial charge in [0.1, 0.15) is 17.1 Å². The van der Waals surface area contributed by atoms with E-state index in [-0.39, 0.29) is 17.1 Å². The first-order chi connectivity index (χ1) is 9.93. The quantitative estimate of drug-likeness (QED) is 0.670. The Morgan fingerprint density at radius 1 is 1.52 bits per heavy atom. The number of ether oxygens (including phenoxy) is 1. The molecule has 1 heterocycles. The van der Waals surface area contributed by atoms with Crippen molar-refractivity contribution in [3.8, 4) is 5.75 Å². The number of nitrogens with one attached hydrogen (secondary N) is 1. The number of nitro groups is 1. The van der Waals surface area contributed by atoms with Gasteiger partial charge in [-0.25, -0.2) is 0 Å². The molecule has 0 saturated carbocycles. The van der Waals surface area contributed by atoms with Crippen LogP contribution in [-0.4, -0.2) is 27.7 Å². The van der Waals surface area contributed by atoms with E-state index in [4.69, 9.17) is 4.74 Å². The summed E-state index contributed by atoms with van der Waals surface area (Å²) in [6.45, 7) is 0. The molecule has 0 spiro atoms. The Morgan fingerprint density at radius 3 is 2.76 bits per heavy atom. The van der Waals surface area contributed by atoms with Crippen LogP contribution in [0.3, 0.4) is 0 Å². The molecule has 1 N–H and O–H groups in total. The zero-order chi connectivity index (χ0) is 15.6. The summed E-state index contributed by atoms with van der Waals surface area (Å²) in [5.74, 6) is -0.170. The monoisotopic (exact) mass is 354 g/mol. The van der Waals surface area contributed by atoms with Gasteiger partial charge in [-0.2, -0.15) is 5.10 Å². The fourth-order valence-electron chi connectivity index (χ4n) is 1.74. The number of nitrogens with zero attached hydrogens (tertiary/aromatic N) is 3. The number of aromatic nitrogens is 2. The zero-order valence-corrected chi connectivity index (χ0v) is 12.7. The minimum absolute atomic E-state index is 0.0823. The van der Waals surface area contributed by atoms with Crippen LogP contribution in [0.4, 0.5) is 11.4 Å². The van der Waals surface area contributed by atoms with Crippen LogP contribution in [-0.2, 0) is 7.05 Å². The second kappa shape index (κ2) is 5.92. The number of carbonyl (C=O) groups excluding carboxylic acids is 1. The molecule has 0 aliphatic carbocycles. The summed E-state index contributed by atoms with van der Waals surface area (Å²) in [5, 5.41) is 17.5. The second-order valence-corrected chi connectivity index (χ2v) is 4.91. The lowest BCUT2D eigenvalue weighted by Crippen LogP contribution is -2.17. The molecule has 0 bridgehead atoms. The molecule has 0 saturated heterocycles. The van der Waals surface area contributed by atoms with Crippen LogP contribution in [0.2, 0.25) is 0 Å². The fraction of sp³-hybridized carbons (Fsp3) is 0.167. The van der Waals surface area contributed by atoms with E-state index < -0.39 is 10.8 Å². The Bertz CT molecular complexity index is 694. The molecule has 2 aromatic rings. The Balaban J connectivity index is 2.35. The van der Waals surface area contributed by atoms with Crippen LogP contribution in [0, 0.1) is 10.1 Å². The van der Waals surface area contributed by atoms with E-state index in [2.05, 4.69) is 26.3 Å². The lowest BCUT2D eigenvalue weighted by atomic mass is 10.2. The van der Waals surface area contributed by atoms with Crippen LogP contribution in [0.5, 0.6) is 5.75 Å². The lowest BCUT2D eigenvalue weighted by Gasteiger charge is -2.08. The maximum absolute atomic E-state index is 12.2. The highest BCUT2D eigenvalue weighted by Gasteiger charge is 2.21. The van der Waals surface area contributed by atoms with Crippen LogP contribution < -0.4 is 10.1 Å². The molecular weight excluding hydrogens is 344 g/mol. The number of methoxy groups -OCH3 is 1. The number of nitro benzene ring substituents is 1. The number of benzene rings is 1. The minimum atomic E-state index is -0.587. The predicted molar refractivity (Wildman–Crippen MR) is 78.5 cm³/mol. The van der Waals surface area contributed by atoms with E-state index in [9.17, 15) is 14.9 Å². The molecule has 110 valence electrons. The molecular formula is C12H11BrN4O4. The van der Waals surface area contributed by atoms with Gasteiger partial charge in [0.15, 0.2) is 0 Å². The molecule has 1 amide bonds. The van der Waals surface area contributed by atoms with Gasteiger partial charge in [0.05, 0.1) is 28.8 Å². The molecule has 0 aliphatic rings. The summed E-state index contributed by atoms with van der Waals surface area (Å²) in [5.41, 5.74) is 0.0972. The molecule has 8 nitrogen and oxygen atoms in total. The van der Waals surface area contributed by atoms with Crippen molar-refractivity contribution in [3.05, 3.63) is 44.7 Å². The predicted octanol–water partition coefficient (Wildman–Crippen LogP) is 2.35. The van der Waals surface area contributed by atoms with Crippen LogP contribution in [0.25, 0.3) is 0 Å². The van der Waals surface area contributed by atoms with Gasteiger partial charge in [0.2, 0.25) is 0 Å². The molecule has 1 aromatic heterocycles. The van der Waals surface area contributed by atoms with Crippen molar-refractivity contribution < 1.29 is 14.5 Å². The Labute approximate surface area is 128 Å². The van der Waals surface area contributed by atoms with E-state index >= 15 is 0 Å². The molecule has 0 aliphatic heterocycles. The van der Waals surface area contributed by atoms with E-state index in [1.807, 2.05) is 0 Å². The zero-order valence-electron chi connectivity index (χ0n) is 11.2. The van der Waals surface area contributed by atoms with Gasteiger partial charge in [0, 0.05) is 7.05 Å². The normalized spacial score (nSPS) is 10.2. The molecule has 0 unspecified atom stereocenters. The van der Waals surface area contributed by atoms with Crippen molar-refractivity contribution in [3.63, 3.8) is 0 Å². The van der Waals surface area contributed by atoms with Gasteiger partial charge in [-0.15, -0.1) is 0 Å². The Morgan fingerprint density at radius 2 is 2.24 bits per heavy atom. The topological polar surface area (TPSA) is 99.3 Å². The number of hydrogen-bond acceptors (Lipinski definition) is 5. The largest absolute Gasteiger partial charge is 0.496 e. The highest BCUT2D eigenvalue weighted by Crippen LogP contribution is 2.29. The summed E-state index contributed by atoms with van der Waals surface area (Å²) in [6.07, 6.45) is 1.47. The molecule has 21 heavy (non-hydrogen) atoms. The number of carbonyl (C=O) groups is 1. The van der Waals surface area contributed by atoms with Crippen molar-refractivity contribution in [2.45, 2.75) is 0 Å². The third kappa shape index (κ3) is 3.02. The summed E-state index contributed by atoms with van der Waals surface area (Å²) in [7, 11) is 3.01. The molecule has 0 radical (unpaired) electrons. The van der Waals surface area contributed by atoms with Crippen LogP contribution in [0.15, 0.2) is 28.9 Å². The first-order valence-electron chi connectivity index (χ1n) is 5.75. The highest BCUT2D eigenvalue weighted by molar-refractivity contribution is 9.10. The fourth-order valence-corrected chi connectivity index (χ4v) is 2.27. The van der Waals surface area contributed by atoms with E-state index in [0.29, 0.717) is 10.2 Å². The summed E-state index contributed by atoms with van der Waals surface area (Å²) in [6, 6.07) is 4.19. The van der Waals surface area contributed by atoms with Crippen molar-refractivity contribution in [2.24, 2.45) is 7.05 Å². The number of rotatable bonds is 4. The molecule has 0 atom stereocenters. The molecule has 9 heteroatoms. The van der Waals surface area contributed by atoms with Gasteiger partial charge in [-0.3, -0.25) is 19.6 Å². The standard InChI is InChI=1S/C12H11BrN4O4/c1-16-11(8(13)6-14-16)12(18)15-9-4-3-7(21-2)5-10(9)17(19)20/h3-6H,1-2H3,(H,15,18). The van der Waals surface area contributed by atoms with Crippen molar-refractivity contribution in [1.29, 1.82) is 0 Å². The number of amides is 1. The van der Waals surface area contributed by atoms with Gasteiger partial charge >= 0.3 is 0 Å². The first kappa shape index (κ1) is 15.0. The third-order valence-electron chi connectivity index (χ3n) is 2.76. The summed E-state index contributed by atoms with van der Waals surface area (Å²) < 4.78 is 6.81. The third-order valence-corrected chi connectivity index (χ3v) is 3.34. The highest BCUT2D eigenvalue weighted by atomic mass is 79.9. The Kier molecular flexibility index (Phi) is 4.22. The van der Waals surface area contributed by atoms with Crippen molar-refractivity contribution >= 4 is 33.2 Å². The molecule has 2 rings (SSSR count). The maximum atomic E-state index is 12.2. The summed E-state index contributed by atoms with van der Waals surface area (Å²) in [4.78, 5) is 22.7. The van der Waals surface area contributed by atoms with Gasteiger partial charge in [-0.1, -0.05) is 0 Å². The number of halogens is 1. The SMILES string of the molecule is COc1ccc(NC(=O)c2c(Br)cnn2C)c([N+](=O)[O-])c1. The van der Waals surface area contributed by atoms with Crippen LogP contribution >= 0.6 is 15.9 Å². The van der Waals surface area contributed by atoms with Crippen molar-refractivity contribution in [1.82, 2.24) is 9.78 Å². The van der Waals surface area contributed by atoms with Gasteiger partial charge < -0.3 is 10.1 Å². The van der Waals surface area contributed by atoms with E-state index in [1.165, 1.54) is 36.2 Å². The van der Waals surface area contributed by atoms with Crippen molar-refractivity contribution in [2.75, 3.05) is 12.4 Å². The lowest BCUT2D eigenvalue weighted by molar-refractivity contribution is -0.384. The minimum Gasteiger partial charge on any atom is -0.496 e. The molecule has 0 fully saturated rings. The van der Waals surface area contributed by atoms with Gasteiger partial charge in [0.25, 0.3) is 11.6 Å². The number of hydrogen-bond donors (Lipinski definition) is 1.